The van der Waals surface area contributed by atoms with Crippen molar-refractivity contribution in [1.82, 2.24) is 19.4 Å². The lowest BCUT2D eigenvalue weighted by atomic mass is 10.2. The summed E-state index contributed by atoms with van der Waals surface area (Å²) in [6, 6.07) is 10.9. The first-order valence-electron chi connectivity index (χ1n) is 8.21. The van der Waals surface area contributed by atoms with Crippen LogP contribution in [0.1, 0.15) is 12.5 Å². The molecule has 1 aromatic carbocycles. The topological polar surface area (TPSA) is 68.1 Å². The predicted molar refractivity (Wildman–Crippen MR) is 104 cm³/mol. The van der Waals surface area contributed by atoms with Crippen LogP contribution in [0.4, 0.5) is 0 Å². The van der Waals surface area contributed by atoms with E-state index in [1.807, 2.05) is 25.1 Å². The highest BCUT2D eigenvalue weighted by Gasteiger charge is 2.21. The minimum atomic E-state index is -0.380. The van der Waals surface area contributed by atoms with E-state index in [0.29, 0.717) is 21.9 Å². The molecule has 0 aliphatic heterocycles. The van der Waals surface area contributed by atoms with Crippen LogP contribution in [0.3, 0.4) is 0 Å². The number of para-hydroxylation sites is 1. The monoisotopic (exact) mass is 368 g/mol. The molecule has 1 atom stereocenters. The Morgan fingerprint density at radius 2 is 1.92 bits per heavy atom. The average molecular weight is 368 g/mol. The summed E-state index contributed by atoms with van der Waals surface area (Å²) in [6.07, 6.45) is 1.71. The third-order valence-corrected chi connectivity index (χ3v) is 4.98. The lowest BCUT2D eigenvalue weighted by Crippen LogP contribution is -2.31. The van der Waals surface area contributed by atoms with Crippen molar-refractivity contribution < 1.29 is 4.79 Å². The molecule has 0 bridgehead atoms. The summed E-state index contributed by atoms with van der Waals surface area (Å²) in [5.41, 5.74) is 1.41. The second-order valence-electron chi connectivity index (χ2n) is 6.24. The van der Waals surface area contributed by atoms with Gasteiger partial charge in [-0.15, -0.1) is 0 Å². The molecular formula is C19H20N4O2S. The van der Waals surface area contributed by atoms with E-state index in [2.05, 4.69) is 9.97 Å². The van der Waals surface area contributed by atoms with Gasteiger partial charge in [-0.1, -0.05) is 30.0 Å². The fraction of sp³-hybridized carbons (Fsp3) is 0.263. The number of carbonyl (C=O) groups excluding carboxylic acids is 1. The second kappa shape index (κ2) is 7.29. The molecule has 3 rings (SSSR count). The Morgan fingerprint density at radius 1 is 1.19 bits per heavy atom. The number of aromatic nitrogens is 3. The highest BCUT2D eigenvalue weighted by molar-refractivity contribution is 8.00. The van der Waals surface area contributed by atoms with Crippen molar-refractivity contribution in [1.29, 1.82) is 0 Å². The van der Waals surface area contributed by atoms with Crippen LogP contribution < -0.4 is 5.56 Å². The van der Waals surface area contributed by atoms with Gasteiger partial charge in [0, 0.05) is 20.3 Å². The van der Waals surface area contributed by atoms with Gasteiger partial charge < -0.3 is 4.90 Å². The lowest BCUT2D eigenvalue weighted by Gasteiger charge is -2.18. The smallest absolute Gasteiger partial charge is 0.267 e. The van der Waals surface area contributed by atoms with E-state index in [1.165, 1.54) is 21.2 Å². The van der Waals surface area contributed by atoms with Crippen LogP contribution in [0.15, 0.2) is 52.5 Å². The molecule has 2 aromatic heterocycles. The first kappa shape index (κ1) is 18.1. The number of benzene rings is 1. The predicted octanol–water partition coefficient (Wildman–Crippen LogP) is 2.66. The quantitative estimate of drug-likeness (QED) is 0.523. The number of amides is 1. The summed E-state index contributed by atoms with van der Waals surface area (Å²) in [5.74, 6) is 0.451. The van der Waals surface area contributed by atoms with Crippen LogP contribution >= 0.6 is 11.8 Å². The lowest BCUT2D eigenvalue weighted by molar-refractivity contribution is -0.127. The van der Waals surface area contributed by atoms with Crippen LogP contribution in [-0.4, -0.2) is 44.7 Å². The van der Waals surface area contributed by atoms with Crippen LogP contribution in [0.5, 0.6) is 0 Å². The molecule has 26 heavy (non-hydrogen) atoms. The number of carbonyl (C=O) groups is 1. The number of fused-ring (bicyclic) bond motifs is 1. The molecule has 1 amide bonds. The summed E-state index contributed by atoms with van der Waals surface area (Å²) in [7, 11) is 3.42. The molecule has 3 aromatic rings. The van der Waals surface area contributed by atoms with E-state index >= 15 is 0 Å². The minimum absolute atomic E-state index is 0.0409. The van der Waals surface area contributed by atoms with E-state index in [0.717, 1.165) is 5.56 Å². The largest absolute Gasteiger partial charge is 0.348 e. The third kappa shape index (κ3) is 3.48. The zero-order valence-electron chi connectivity index (χ0n) is 15.1. The number of aryl methyl sites for hydroxylation is 1. The highest BCUT2D eigenvalue weighted by Crippen LogP contribution is 2.25. The first-order valence-corrected chi connectivity index (χ1v) is 9.09. The van der Waals surface area contributed by atoms with Gasteiger partial charge in [0.05, 0.1) is 16.2 Å². The van der Waals surface area contributed by atoms with Crippen molar-refractivity contribution in [2.75, 3.05) is 14.1 Å². The van der Waals surface area contributed by atoms with Crippen molar-refractivity contribution in [3.63, 3.8) is 0 Å². The molecular weight excluding hydrogens is 348 g/mol. The zero-order chi connectivity index (χ0) is 18.8. The van der Waals surface area contributed by atoms with Gasteiger partial charge in [-0.3, -0.25) is 9.59 Å². The van der Waals surface area contributed by atoms with Gasteiger partial charge in [0.15, 0.2) is 5.16 Å². The van der Waals surface area contributed by atoms with Crippen molar-refractivity contribution in [3.8, 4) is 5.82 Å². The van der Waals surface area contributed by atoms with Crippen molar-refractivity contribution in [3.05, 3.63) is 58.5 Å². The Morgan fingerprint density at radius 3 is 2.58 bits per heavy atom. The number of pyridine rings is 1. The third-order valence-electron chi connectivity index (χ3n) is 3.94. The Bertz CT molecular complexity index is 1010. The van der Waals surface area contributed by atoms with Gasteiger partial charge in [-0.2, -0.15) is 0 Å². The zero-order valence-corrected chi connectivity index (χ0v) is 15.9. The maximum atomic E-state index is 13.1. The van der Waals surface area contributed by atoms with E-state index in [9.17, 15) is 9.59 Å². The molecule has 0 saturated carbocycles. The minimum Gasteiger partial charge on any atom is -0.348 e. The summed E-state index contributed by atoms with van der Waals surface area (Å²) in [4.78, 5) is 35.9. The van der Waals surface area contributed by atoms with E-state index in [-0.39, 0.29) is 16.7 Å². The van der Waals surface area contributed by atoms with E-state index < -0.39 is 0 Å². The van der Waals surface area contributed by atoms with Gasteiger partial charge in [0.2, 0.25) is 5.91 Å². The molecule has 134 valence electrons. The summed E-state index contributed by atoms with van der Waals surface area (Å²) in [5, 5.41) is 0.591. The fourth-order valence-electron chi connectivity index (χ4n) is 2.56. The summed E-state index contributed by atoms with van der Waals surface area (Å²) in [6.45, 7) is 3.74. The number of hydrogen-bond acceptors (Lipinski definition) is 5. The summed E-state index contributed by atoms with van der Waals surface area (Å²) < 4.78 is 1.48. The normalized spacial score (nSPS) is 12.2. The van der Waals surface area contributed by atoms with Crippen LogP contribution in [-0.2, 0) is 4.79 Å². The van der Waals surface area contributed by atoms with Crippen LogP contribution in [0, 0.1) is 6.92 Å². The van der Waals surface area contributed by atoms with Crippen molar-refractivity contribution in [2.45, 2.75) is 24.3 Å². The van der Waals surface area contributed by atoms with Crippen molar-refractivity contribution in [2.24, 2.45) is 0 Å². The summed E-state index contributed by atoms with van der Waals surface area (Å²) >= 11 is 1.26. The fourth-order valence-corrected chi connectivity index (χ4v) is 3.62. The number of thioether (sulfide) groups is 1. The second-order valence-corrected chi connectivity index (χ2v) is 7.55. The molecule has 0 unspecified atom stereocenters. The van der Waals surface area contributed by atoms with Crippen molar-refractivity contribution >= 4 is 28.6 Å². The first-order chi connectivity index (χ1) is 12.4. The molecule has 0 aliphatic rings. The Labute approximate surface area is 155 Å². The van der Waals surface area contributed by atoms with Crippen LogP contribution in [0.25, 0.3) is 16.7 Å². The Hall–Kier alpha value is -2.67. The number of rotatable bonds is 4. The van der Waals surface area contributed by atoms with Crippen LogP contribution in [0.2, 0.25) is 0 Å². The van der Waals surface area contributed by atoms with Gasteiger partial charge in [-0.05, 0) is 37.6 Å². The van der Waals surface area contributed by atoms with Gasteiger partial charge in [0.1, 0.15) is 5.82 Å². The maximum absolute atomic E-state index is 13.1. The SMILES string of the molecule is Cc1ccc(-n2c(S[C@H](C)C(=O)N(C)C)nc3ccccc3c2=O)nc1. The number of hydrogen-bond donors (Lipinski definition) is 0. The Kier molecular flexibility index (Phi) is 5.08. The van der Waals surface area contributed by atoms with Gasteiger partial charge in [-0.25, -0.2) is 14.5 Å². The molecule has 0 spiro atoms. The van der Waals surface area contributed by atoms with E-state index in [4.69, 9.17) is 0 Å². The van der Waals surface area contributed by atoms with E-state index in [1.54, 1.807) is 45.4 Å². The molecule has 0 N–H and O–H groups in total. The van der Waals surface area contributed by atoms with Gasteiger partial charge in [0.25, 0.3) is 5.56 Å². The molecule has 2 heterocycles. The molecule has 0 saturated heterocycles. The van der Waals surface area contributed by atoms with Gasteiger partial charge >= 0.3 is 0 Å². The highest BCUT2D eigenvalue weighted by atomic mass is 32.2. The molecule has 7 heteroatoms. The molecule has 0 aliphatic carbocycles. The molecule has 6 nitrogen and oxygen atoms in total. The average Bonchev–Trinajstić information content (AvgIpc) is 2.62. The standard InChI is InChI=1S/C19H20N4O2S/c1-12-9-10-16(20-11-12)23-18(25)14-7-5-6-8-15(14)21-19(23)26-13(2)17(24)22(3)4/h5-11,13H,1-4H3/t13-/m1/s1. The molecule has 0 fully saturated rings. The Balaban J connectivity index is 2.19. The molecule has 0 radical (unpaired) electrons. The number of nitrogens with zero attached hydrogens (tertiary/aromatic N) is 4. The maximum Gasteiger partial charge on any atom is 0.267 e.